The second-order valence-electron chi connectivity index (χ2n) is 5.35. The van der Waals surface area contributed by atoms with E-state index in [-0.39, 0.29) is 5.91 Å². The van der Waals surface area contributed by atoms with Crippen LogP contribution in [0.2, 0.25) is 0 Å². The summed E-state index contributed by atoms with van der Waals surface area (Å²) < 4.78 is 11.1. The Balaban J connectivity index is 2.09. The second-order valence-corrected chi connectivity index (χ2v) is 5.35. The summed E-state index contributed by atoms with van der Waals surface area (Å²) in [6, 6.07) is 14.3. The molecule has 0 bridgehead atoms. The van der Waals surface area contributed by atoms with E-state index in [1.165, 1.54) is 0 Å². The Morgan fingerprint density at radius 3 is 2.72 bits per heavy atom. The highest BCUT2D eigenvalue weighted by atomic mass is 16.5. The third-order valence-electron chi connectivity index (χ3n) is 3.48. The average molecular weight is 336 g/mol. The van der Waals surface area contributed by atoms with E-state index in [0.717, 1.165) is 5.56 Å². The number of carbonyl (C=O) groups excluding carboxylic acids is 1. The van der Waals surface area contributed by atoms with Crippen LogP contribution in [0.3, 0.4) is 0 Å². The fourth-order valence-electron chi connectivity index (χ4n) is 2.23. The molecular weight excluding hydrogens is 316 g/mol. The lowest BCUT2D eigenvalue weighted by atomic mass is 10.2. The molecule has 1 unspecified atom stereocenters. The number of carbonyl (C=O) groups is 1. The van der Waals surface area contributed by atoms with Gasteiger partial charge in [0.2, 0.25) is 0 Å². The van der Waals surface area contributed by atoms with Crippen LogP contribution in [0.25, 0.3) is 6.08 Å². The van der Waals surface area contributed by atoms with E-state index >= 15 is 0 Å². The number of nitriles is 1. The average Bonchev–Trinajstić information content (AvgIpc) is 2.63. The van der Waals surface area contributed by atoms with E-state index in [0.29, 0.717) is 22.7 Å². The molecule has 0 aliphatic rings. The van der Waals surface area contributed by atoms with Crippen molar-refractivity contribution in [3.63, 3.8) is 0 Å². The first-order chi connectivity index (χ1) is 12.1. The van der Waals surface area contributed by atoms with Crippen molar-refractivity contribution < 1.29 is 14.3 Å². The van der Waals surface area contributed by atoms with Crippen molar-refractivity contribution in [2.45, 2.75) is 20.0 Å². The van der Waals surface area contributed by atoms with Crippen molar-refractivity contribution in [1.82, 2.24) is 0 Å². The summed E-state index contributed by atoms with van der Waals surface area (Å²) in [5, 5.41) is 11.7. The van der Waals surface area contributed by atoms with Crippen molar-refractivity contribution in [3.8, 4) is 17.6 Å². The lowest BCUT2D eigenvalue weighted by Gasteiger charge is -2.17. The molecule has 0 saturated carbocycles. The maximum atomic E-state index is 12.3. The highest BCUT2D eigenvalue weighted by molar-refractivity contribution is 5.94. The minimum Gasteiger partial charge on any atom is -0.493 e. The van der Waals surface area contributed by atoms with E-state index in [1.54, 1.807) is 44.4 Å². The summed E-state index contributed by atoms with van der Waals surface area (Å²) in [5.74, 6) is 0.737. The van der Waals surface area contributed by atoms with Crippen LogP contribution in [0.4, 0.5) is 5.69 Å². The first-order valence-corrected chi connectivity index (χ1v) is 7.85. The van der Waals surface area contributed by atoms with Gasteiger partial charge in [0.05, 0.1) is 18.7 Å². The van der Waals surface area contributed by atoms with Gasteiger partial charge in [0.15, 0.2) is 17.6 Å². The summed E-state index contributed by atoms with van der Waals surface area (Å²) in [6.45, 7) is 3.59. The highest BCUT2D eigenvalue weighted by Crippen LogP contribution is 2.29. The Morgan fingerprint density at radius 2 is 2.04 bits per heavy atom. The van der Waals surface area contributed by atoms with Crippen LogP contribution in [0, 0.1) is 11.3 Å². The van der Waals surface area contributed by atoms with E-state index in [4.69, 9.17) is 14.7 Å². The van der Waals surface area contributed by atoms with E-state index < -0.39 is 6.10 Å². The molecule has 25 heavy (non-hydrogen) atoms. The molecule has 2 rings (SSSR count). The predicted octanol–water partition coefficient (Wildman–Crippen LogP) is 4.01. The van der Waals surface area contributed by atoms with E-state index in [1.807, 2.05) is 37.3 Å². The van der Waals surface area contributed by atoms with Gasteiger partial charge < -0.3 is 14.8 Å². The van der Waals surface area contributed by atoms with Crippen molar-refractivity contribution in [1.29, 1.82) is 5.26 Å². The smallest absolute Gasteiger partial charge is 0.265 e. The number of methoxy groups -OCH3 is 1. The number of nitrogens with zero attached hydrogens (tertiary/aromatic N) is 1. The molecule has 1 amide bonds. The Kier molecular flexibility index (Phi) is 6.19. The Hall–Kier alpha value is -3.26. The van der Waals surface area contributed by atoms with Crippen LogP contribution in [0.15, 0.2) is 48.5 Å². The van der Waals surface area contributed by atoms with Gasteiger partial charge in [0, 0.05) is 5.69 Å². The van der Waals surface area contributed by atoms with E-state index in [2.05, 4.69) is 5.32 Å². The van der Waals surface area contributed by atoms with Gasteiger partial charge in [0.1, 0.15) is 0 Å². The number of rotatable bonds is 6. The van der Waals surface area contributed by atoms with Crippen molar-refractivity contribution in [2.24, 2.45) is 0 Å². The normalized spacial score (nSPS) is 11.6. The number of allylic oxidation sites excluding steroid dienone is 1. The molecule has 1 N–H and O–H groups in total. The molecule has 2 aromatic rings. The highest BCUT2D eigenvalue weighted by Gasteiger charge is 2.17. The van der Waals surface area contributed by atoms with Gasteiger partial charge in [-0.25, -0.2) is 0 Å². The van der Waals surface area contributed by atoms with Crippen LogP contribution < -0.4 is 14.8 Å². The van der Waals surface area contributed by atoms with Crippen LogP contribution >= 0.6 is 0 Å². The molecule has 0 aliphatic carbocycles. The largest absolute Gasteiger partial charge is 0.493 e. The molecule has 5 nitrogen and oxygen atoms in total. The fourth-order valence-corrected chi connectivity index (χ4v) is 2.23. The second kappa shape index (κ2) is 8.55. The van der Waals surface area contributed by atoms with E-state index in [9.17, 15) is 4.79 Å². The van der Waals surface area contributed by atoms with Crippen molar-refractivity contribution in [2.75, 3.05) is 12.4 Å². The van der Waals surface area contributed by atoms with Gasteiger partial charge in [-0.1, -0.05) is 24.3 Å². The number of hydrogen-bond donors (Lipinski definition) is 1. The topological polar surface area (TPSA) is 71.3 Å². The summed E-state index contributed by atoms with van der Waals surface area (Å²) >= 11 is 0. The molecular formula is C20H20N2O3. The van der Waals surface area contributed by atoms with Crippen LogP contribution in [-0.4, -0.2) is 19.1 Å². The van der Waals surface area contributed by atoms with Gasteiger partial charge in [-0.2, -0.15) is 5.26 Å². The minimum absolute atomic E-state index is 0.310. The molecule has 1 atom stereocenters. The van der Waals surface area contributed by atoms with Crippen molar-refractivity contribution >= 4 is 17.7 Å². The zero-order chi connectivity index (χ0) is 18.2. The van der Waals surface area contributed by atoms with Gasteiger partial charge in [-0.3, -0.25) is 4.79 Å². The Bertz CT molecular complexity index is 822. The Labute approximate surface area is 147 Å². The molecule has 0 aliphatic heterocycles. The maximum absolute atomic E-state index is 12.3. The van der Waals surface area contributed by atoms with Crippen LogP contribution in [0.1, 0.15) is 25.0 Å². The molecule has 5 heteroatoms. The van der Waals surface area contributed by atoms with Crippen LogP contribution in [0.5, 0.6) is 11.5 Å². The fraction of sp³-hybridized carbons (Fsp3) is 0.200. The summed E-state index contributed by atoms with van der Waals surface area (Å²) in [5.41, 5.74) is 2.01. The quantitative estimate of drug-likeness (QED) is 0.865. The summed E-state index contributed by atoms with van der Waals surface area (Å²) in [6.07, 6.45) is 3.15. The lowest BCUT2D eigenvalue weighted by Crippen LogP contribution is -2.30. The van der Waals surface area contributed by atoms with Crippen molar-refractivity contribution in [3.05, 3.63) is 59.7 Å². The molecule has 0 fully saturated rings. The van der Waals surface area contributed by atoms with Gasteiger partial charge in [-0.05, 0) is 49.7 Å². The molecule has 2 aromatic carbocycles. The van der Waals surface area contributed by atoms with Crippen LogP contribution in [-0.2, 0) is 4.79 Å². The zero-order valence-corrected chi connectivity index (χ0v) is 14.4. The predicted molar refractivity (Wildman–Crippen MR) is 97.6 cm³/mol. The summed E-state index contributed by atoms with van der Waals surface area (Å²) in [7, 11) is 1.56. The molecule has 0 saturated heterocycles. The summed E-state index contributed by atoms with van der Waals surface area (Å²) in [4.78, 5) is 12.3. The SMILES string of the molecule is C/C=C/c1ccc(OC(C)C(=O)Nc2cccc(C#N)c2)c(OC)c1. The number of nitrogens with one attached hydrogen (secondary N) is 1. The molecule has 0 radical (unpaired) electrons. The number of ether oxygens (including phenoxy) is 2. The molecule has 0 heterocycles. The lowest BCUT2D eigenvalue weighted by molar-refractivity contribution is -0.122. The number of hydrogen-bond acceptors (Lipinski definition) is 4. The third-order valence-corrected chi connectivity index (χ3v) is 3.48. The van der Waals surface area contributed by atoms with Gasteiger partial charge in [-0.15, -0.1) is 0 Å². The maximum Gasteiger partial charge on any atom is 0.265 e. The monoisotopic (exact) mass is 336 g/mol. The number of anilines is 1. The molecule has 0 aromatic heterocycles. The number of benzene rings is 2. The van der Waals surface area contributed by atoms with Gasteiger partial charge >= 0.3 is 0 Å². The standard InChI is InChI=1S/C20H20N2O3/c1-4-6-15-9-10-18(19(12-15)24-3)25-14(2)20(23)22-17-8-5-7-16(11-17)13-21/h4-12,14H,1-3H3,(H,22,23)/b6-4+. The van der Waals surface area contributed by atoms with Gasteiger partial charge in [0.25, 0.3) is 5.91 Å². The third kappa shape index (κ3) is 4.85. The first kappa shape index (κ1) is 18.1. The Morgan fingerprint density at radius 1 is 1.24 bits per heavy atom. The minimum atomic E-state index is -0.729. The zero-order valence-electron chi connectivity index (χ0n) is 14.4. The number of amides is 1. The molecule has 0 spiro atoms. The first-order valence-electron chi connectivity index (χ1n) is 7.85. The molecule has 128 valence electrons.